The van der Waals surface area contributed by atoms with Gasteiger partial charge in [-0.15, -0.1) is 10.2 Å². The molecule has 0 aromatic carbocycles. The van der Waals surface area contributed by atoms with Crippen LogP contribution < -0.4 is 17.0 Å². The van der Waals surface area contributed by atoms with Crippen LogP contribution in [0.15, 0.2) is 14.7 Å². The molecule has 2 aromatic heterocycles. The number of nitrogen functional groups attached to an aromatic ring is 1. The van der Waals surface area contributed by atoms with E-state index in [0.29, 0.717) is 24.0 Å². The predicted molar refractivity (Wildman–Crippen MR) is 98.7 cm³/mol. The minimum atomic E-state index is -0.665. The van der Waals surface area contributed by atoms with Gasteiger partial charge in [-0.3, -0.25) is 18.7 Å². The Kier molecular flexibility index (Phi) is 5.03. The molecular formula is C16H22N6O3S. The molecule has 10 heteroatoms. The van der Waals surface area contributed by atoms with Gasteiger partial charge in [-0.25, -0.2) is 4.79 Å². The Morgan fingerprint density at radius 1 is 1.23 bits per heavy atom. The van der Waals surface area contributed by atoms with Crippen molar-refractivity contribution in [2.24, 2.45) is 14.1 Å². The van der Waals surface area contributed by atoms with E-state index in [1.54, 1.807) is 0 Å². The summed E-state index contributed by atoms with van der Waals surface area (Å²) in [6.07, 6.45) is 2.88. The van der Waals surface area contributed by atoms with Crippen molar-refractivity contribution in [1.29, 1.82) is 0 Å². The highest BCUT2D eigenvalue weighted by molar-refractivity contribution is 7.99. The Morgan fingerprint density at radius 2 is 1.92 bits per heavy atom. The third kappa shape index (κ3) is 3.20. The maximum absolute atomic E-state index is 12.7. The van der Waals surface area contributed by atoms with Gasteiger partial charge in [-0.05, 0) is 19.3 Å². The normalized spacial score (nSPS) is 14.0. The molecule has 26 heavy (non-hydrogen) atoms. The molecular weight excluding hydrogens is 356 g/mol. The number of anilines is 1. The van der Waals surface area contributed by atoms with Gasteiger partial charge >= 0.3 is 5.69 Å². The third-order valence-electron chi connectivity index (χ3n) is 4.45. The van der Waals surface area contributed by atoms with Crippen LogP contribution in [0.5, 0.6) is 0 Å². The summed E-state index contributed by atoms with van der Waals surface area (Å²) in [5.74, 6) is 0.890. The number of Topliss-reactive ketones (excluding diaryl/α,β-unsaturated/α-hetero) is 1. The second-order valence-electron chi connectivity index (χ2n) is 6.44. The van der Waals surface area contributed by atoms with Crippen LogP contribution in [-0.2, 0) is 20.6 Å². The zero-order chi connectivity index (χ0) is 19.0. The van der Waals surface area contributed by atoms with Crippen molar-refractivity contribution in [3.8, 4) is 0 Å². The van der Waals surface area contributed by atoms with Gasteiger partial charge in [0, 0.05) is 26.6 Å². The first kappa shape index (κ1) is 18.4. The molecule has 2 heterocycles. The van der Waals surface area contributed by atoms with Crippen molar-refractivity contribution < 1.29 is 4.79 Å². The van der Waals surface area contributed by atoms with Crippen molar-refractivity contribution in [2.45, 2.75) is 43.8 Å². The molecule has 0 atom stereocenters. The molecule has 1 aliphatic carbocycles. The topological polar surface area (TPSA) is 118 Å². The number of ketones is 1. The number of nitrogens with zero attached hydrogens (tertiary/aromatic N) is 5. The number of carbonyl (C=O) groups excluding carboxylic acids is 1. The van der Waals surface area contributed by atoms with Crippen LogP contribution >= 0.6 is 11.8 Å². The fourth-order valence-electron chi connectivity index (χ4n) is 2.84. The van der Waals surface area contributed by atoms with Crippen LogP contribution in [0.4, 0.5) is 5.82 Å². The third-order valence-corrected chi connectivity index (χ3v) is 5.47. The molecule has 0 aliphatic heterocycles. The molecule has 1 aliphatic rings. The molecule has 9 nitrogen and oxygen atoms in total. The largest absolute Gasteiger partial charge is 0.384 e. The van der Waals surface area contributed by atoms with Crippen molar-refractivity contribution in [2.75, 3.05) is 11.5 Å². The predicted octanol–water partition coefficient (Wildman–Crippen LogP) is 0.520. The number of rotatable bonds is 7. The Hall–Kier alpha value is -2.36. The van der Waals surface area contributed by atoms with E-state index in [2.05, 4.69) is 10.2 Å². The molecule has 0 radical (unpaired) electrons. The molecule has 2 N–H and O–H groups in total. The summed E-state index contributed by atoms with van der Waals surface area (Å²) >= 11 is 1.21. The highest BCUT2D eigenvalue weighted by atomic mass is 32.2. The number of nitrogens with two attached hydrogens (primary N) is 1. The number of carbonyl (C=O) groups is 1. The SMILES string of the molecule is CCCn1c(N)c(C(=O)CSc2nnc(C3CC3)n2C)c(=O)n(C)c1=O. The van der Waals surface area contributed by atoms with Crippen molar-refractivity contribution in [3.63, 3.8) is 0 Å². The van der Waals surface area contributed by atoms with Crippen LogP contribution in [0, 0.1) is 0 Å². The number of thioether (sulfide) groups is 1. The van der Waals surface area contributed by atoms with Crippen LogP contribution in [-0.4, -0.2) is 35.4 Å². The van der Waals surface area contributed by atoms with Gasteiger partial charge < -0.3 is 10.3 Å². The van der Waals surface area contributed by atoms with Crippen LogP contribution in [0.1, 0.15) is 48.3 Å². The Labute approximate surface area is 154 Å². The lowest BCUT2D eigenvalue weighted by molar-refractivity contribution is 0.102. The standard InChI is InChI=1S/C16H22N6O3S/c1-4-7-22-12(17)11(14(24)21(3)16(22)25)10(23)8-26-15-19-18-13(20(15)2)9-5-6-9/h9H,4-8,17H2,1-3H3. The van der Waals surface area contributed by atoms with Crippen LogP contribution in [0.3, 0.4) is 0 Å². The van der Waals surface area contributed by atoms with Gasteiger partial charge in [0.05, 0.1) is 5.75 Å². The van der Waals surface area contributed by atoms with E-state index in [1.807, 2.05) is 18.5 Å². The molecule has 0 unspecified atom stereocenters. The average Bonchev–Trinajstić information content (AvgIpc) is 3.38. The molecule has 140 valence electrons. The first-order valence-corrected chi connectivity index (χ1v) is 9.49. The molecule has 0 saturated heterocycles. The van der Waals surface area contributed by atoms with Crippen LogP contribution in [0.2, 0.25) is 0 Å². The lowest BCUT2D eigenvalue weighted by atomic mass is 10.2. The van der Waals surface area contributed by atoms with E-state index in [-0.39, 0.29) is 17.1 Å². The summed E-state index contributed by atoms with van der Waals surface area (Å²) in [6.45, 7) is 2.24. The molecule has 1 fully saturated rings. The van der Waals surface area contributed by atoms with E-state index in [0.717, 1.165) is 23.2 Å². The van der Waals surface area contributed by atoms with Crippen molar-refractivity contribution in [3.05, 3.63) is 32.2 Å². The molecule has 2 aromatic rings. The van der Waals surface area contributed by atoms with E-state index in [4.69, 9.17) is 5.73 Å². The summed E-state index contributed by atoms with van der Waals surface area (Å²) in [6, 6.07) is 0. The van der Waals surface area contributed by atoms with Gasteiger partial charge in [-0.1, -0.05) is 18.7 Å². The summed E-state index contributed by atoms with van der Waals surface area (Å²) < 4.78 is 4.08. The zero-order valence-electron chi connectivity index (χ0n) is 15.1. The van der Waals surface area contributed by atoms with E-state index in [9.17, 15) is 14.4 Å². The number of hydrogen-bond acceptors (Lipinski definition) is 7. The molecule has 0 bridgehead atoms. The fourth-order valence-corrected chi connectivity index (χ4v) is 3.63. The number of hydrogen-bond donors (Lipinski definition) is 1. The summed E-state index contributed by atoms with van der Waals surface area (Å²) in [5.41, 5.74) is 4.66. The summed E-state index contributed by atoms with van der Waals surface area (Å²) in [7, 11) is 3.22. The first-order valence-electron chi connectivity index (χ1n) is 8.51. The Morgan fingerprint density at radius 3 is 2.54 bits per heavy atom. The van der Waals surface area contributed by atoms with Crippen LogP contribution in [0.25, 0.3) is 0 Å². The van der Waals surface area contributed by atoms with Gasteiger partial charge in [-0.2, -0.15) is 0 Å². The molecule has 0 amide bonds. The quantitative estimate of drug-likeness (QED) is 0.551. The maximum atomic E-state index is 12.7. The van der Waals surface area contributed by atoms with Crippen molar-refractivity contribution in [1.82, 2.24) is 23.9 Å². The Balaban J connectivity index is 1.86. The average molecular weight is 378 g/mol. The molecule has 0 spiro atoms. The molecule has 3 rings (SSSR count). The van der Waals surface area contributed by atoms with E-state index in [1.165, 1.54) is 23.4 Å². The second-order valence-corrected chi connectivity index (χ2v) is 7.39. The minimum Gasteiger partial charge on any atom is -0.384 e. The highest BCUT2D eigenvalue weighted by Gasteiger charge is 2.29. The van der Waals surface area contributed by atoms with Crippen molar-refractivity contribution >= 4 is 23.4 Å². The van der Waals surface area contributed by atoms with Gasteiger partial charge in [0.15, 0.2) is 10.9 Å². The fraction of sp³-hybridized carbons (Fsp3) is 0.562. The summed E-state index contributed by atoms with van der Waals surface area (Å²) in [5, 5.41) is 8.92. The van der Waals surface area contributed by atoms with Gasteiger partial charge in [0.1, 0.15) is 17.2 Å². The smallest absolute Gasteiger partial charge is 0.332 e. The Bertz CT molecular complexity index is 970. The molecule has 1 saturated carbocycles. The minimum absolute atomic E-state index is 0.000406. The van der Waals surface area contributed by atoms with E-state index < -0.39 is 17.0 Å². The van der Waals surface area contributed by atoms with E-state index >= 15 is 0 Å². The second kappa shape index (κ2) is 7.10. The van der Waals surface area contributed by atoms with Gasteiger partial charge in [0.2, 0.25) is 0 Å². The highest BCUT2D eigenvalue weighted by Crippen LogP contribution is 2.39. The zero-order valence-corrected chi connectivity index (χ0v) is 15.9. The number of aromatic nitrogens is 5. The monoisotopic (exact) mass is 378 g/mol. The van der Waals surface area contributed by atoms with Gasteiger partial charge in [0.25, 0.3) is 5.56 Å². The first-order chi connectivity index (χ1) is 12.4. The summed E-state index contributed by atoms with van der Waals surface area (Å²) in [4.78, 5) is 37.2. The lowest BCUT2D eigenvalue weighted by Crippen LogP contribution is -2.42. The lowest BCUT2D eigenvalue weighted by Gasteiger charge is -2.13. The maximum Gasteiger partial charge on any atom is 0.332 e.